The molecule has 1 aromatic heterocycles. The summed E-state index contributed by atoms with van der Waals surface area (Å²) >= 11 is 4.95. The topological polar surface area (TPSA) is 17.2 Å². The Morgan fingerprint density at radius 1 is 1.75 bits per heavy atom. The van der Waals surface area contributed by atoms with E-state index < -0.39 is 0 Å². The summed E-state index contributed by atoms with van der Waals surface area (Å²) < 4.78 is 0.922. The van der Waals surface area contributed by atoms with Crippen molar-refractivity contribution < 1.29 is 0 Å². The van der Waals surface area contributed by atoms with Crippen LogP contribution in [-0.2, 0) is 0 Å². The van der Waals surface area contributed by atoms with Crippen molar-refractivity contribution >= 4 is 33.5 Å². The van der Waals surface area contributed by atoms with Gasteiger partial charge in [-0.2, -0.15) is 0 Å². The second-order valence-electron chi connectivity index (χ2n) is 2.02. The molecular weight excluding hydrogens is 236 g/mol. The van der Waals surface area contributed by atoms with Crippen molar-refractivity contribution in [2.45, 2.75) is 11.8 Å². The highest BCUT2D eigenvalue weighted by Crippen LogP contribution is 2.29. The number of aromatic nitrogens is 1. The fourth-order valence-corrected chi connectivity index (χ4v) is 1.99. The largest absolute Gasteiger partial charge is 0.360 e. The van der Waals surface area contributed by atoms with Crippen LogP contribution in [0.25, 0.3) is 4.85 Å². The fourth-order valence-electron chi connectivity index (χ4n) is 0.759. The molecule has 0 aliphatic rings. The molecule has 0 radical (unpaired) electrons. The van der Waals surface area contributed by atoms with Crippen LogP contribution in [0.5, 0.6) is 0 Å². The van der Waals surface area contributed by atoms with E-state index in [1.807, 2.05) is 6.07 Å². The van der Waals surface area contributed by atoms with Crippen molar-refractivity contribution in [1.29, 1.82) is 0 Å². The average molecular weight is 243 g/mol. The number of rotatable bonds is 2. The fraction of sp³-hybridized carbons (Fsp3) is 0.250. The Labute approximate surface area is 84.3 Å². The van der Waals surface area contributed by atoms with Gasteiger partial charge in [0, 0.05) is 4.90 Å². The van der Waals surface area contributed by atoms with Gasteiger partial charge in [-0.25, -0.2) is 0 Å². The van der Waals surface area contributed by atoms with Gasteiger partial charge in [0.05, 0.1) is 4.47 Å². The van der Waals surface area contributed by atoms with E-state index in [2.05, 4.69) is 32.7 Å². The molecule has 0 N–H and O–H groups in total. The molecule has 0 atom stereocenters. The van der Waals surface area contributed by atoms with Crippen molar-refractivity contribution in [3.63, 3.8) is 0 Å². The smallest absolute Gasteiger partial charge is 0.283 e. The van der Waals surface area contributed by atoms with Gasteiger partial charge in [-0.1, -0.05) is 13.5 Å². The highest BCUT2D eigenvalue weighted by atomic mass is 79.9. The van der Waals surface area contributed by atoms with E-state index in [9.17, 15) is 0 Å². The first kappa shape index (κ1) is 9.56. The van der Waals surface area contributed by atoms with Crippen molar-refractivity contribution in [2.75, 3.05) is 5.75 Å². The van der Waals surface area contributed by atoms with Crippen molar-refractivity contribution in [3.8, 4) is 0 Å². The zero-order valence-electron chi connectivity index (χ0n) is 6.54. The van der Waals surface area contributed by atoms with Crippen molar-refractivity contribution in [2.24, 2.45) is 0 Å². The third-order valence-electron chi connectivity index (χ3n) is 1.21. The van der Waals surface area contributed by atoms with Crippen LogP contribution >= 0.6 is 27.7 Å². The lowest BCUT2D eigenvalue weighted by atomic mass is 10.5. The SMILES string of the molecule is [C-]#[N+]c1ncc(Br)cc1SCC. The molecular formula is C8H7BrN2S. The van der Waals surface area contributed by atoms with Crippen LogP contribution in [0.2, 0.25) is 0 Å². The first-order valence-electron chi connectivity index (χ1n) is 3.43. The minimum Gasteiger partial charge on any atom is -0.360 e. The molecule has 0 unspecified atom stereocenters. The summed E-state index contributed by atoms with van der Waals surface area (Å²) in [6, 6.07) is 1.93. The molecule has 2 nitrogen and oxygen atoms in total. The predicted octanol–water partition coefficient (Wildman–Crippen LogP) is 3.51. The van der Waals surface area contributed by atoms with E-state index in [4.69, 9.17) is 6.57 Å². The normalized spacial score (nSPS) is 9.42. The molecule has 0 amide bonds. The predicted molar refractivity (Wildman–Crippen MR) is 54.6 cm³/mol. The number of hydrogen-bond donors (Lipinski definition) is 0. The summed E-state index contributed by atoms with van der Waals surface area (Å²) in [7, 11) is 0. The van der Waals surface area contributed by atoms with Crippen LogP contribution in [0.1, 0.15) is 6.92 Å². The molecule has 0 aliphatic heterocycles. The number of hydrogen-bond acceptors (Lipinski definition) is 2. The van der Waals surface area contributed by atoms with Gasteiger partial charge in [0.1, 0.15) is 6.20 Å². The average Bonchev–Trinajstić information content (AvgIpc) is 2.05. The first-order chi connectivity index (χ1) is 5.77. The van der Waals surface area contributed by atoms with Crippen LogP contribution < -0.4 is 0 Å². The van der Waals surface area contributed by atoms with Crippen molar-refractivity contribution in [1.82, 2.24) is 4.98 Å². The molecule has 0 bridgehead atoms. The Bertz CT molecular complexity index is 319. The lowest BCUT2D eigenvalue weighted by molar-refractivity contribution is 1.25. The van der Waals surface area contributed by atoms with Gasteiger partial charge in [0.2, 0.25) is 0 Å². The third kappa shape index (κ3) is 2.23. The van der Waals surface area contributed by atoms with Gasteiger partial charge < -0.3 is 4.85 Å². The molecule has 62 valence electrons. The van der Waals surface area contributed by atoms with E-state index in [1.165, 1.54) is 0 Å². The van der Waals surface area contributed by atoms with Gasteiger partial charge in [-0.15, -0.1) is 16.7 Å². The lowest BCUT2D eigenvalue weighted by Gasteiger charge is -1.99. The number of thioether (sulfide) groups is 1. The Balaban J connectivity index is 3.06. The minimum atomic E-state index is 0.491. The molecule has 12 heavy (non-hydrogen) atoms. The van der Waals surface area contributed by atoms with Crippen LogP contribution in [0, 0.1) is 6.57 Å². The molecule has 4 heteroatoms. The Kier molecular flexibility index (Phi) is 3.57. The maximum atomic E-state index is 6.87. The highest BCUT2D eigenvalue weighted by Gasteiger charge is 2.04. The Morgan fingerprint density at radius 2 is 2.50 bits per heavy atom. The van der Waals surface area contributed by atoms with E-state index in [1.54, 1.807) is 18.0 Å². The molecule has 0 spiro atoms. The highest BCUT2D eigenvalue weighted by molar-refractivity contribution is 9.10. The van der Waals surface area contributed by atoms with Crippen LogP contribution in [0.15, 0.2) is 21.6 Å². The van der Waals surface area contributed by atoms with Gasteiger partial charge in [0.25, 0.3) is 5.82 Å². The molecule has 0 saturated carbocycles. The van der Waals surface area contributed by atoms with Crippen LogP contribution in [-0.4, -0.2) is 10.7 Å². The zero-order valence-corrected chi connectivity index (χ0v) is 8.94. The van der Waals surface area contributed by atoms with Gasteiger partial charge in [0.15, 0.2) is 0 Å². The van der Waals surface area contributed by atoms with E-state index in [0.29, 0.717) is 5.82 Å². The summed E-state index contributed by atoms with van der Waals surface area (Å²) in [6.07, 6.45) is 1.65. The quantitative estimate of drug-likeness (QED) is 0.584. The molecule has 0 aromatic carbocycles. The van der Waals surface area contributed by atoms with E-state index in [0.717, 1.165) is 15.1 Å². The Hall–Kier alpha value is -0.530. The molecule has 0 fully saturated rings. The number of pyridine rings is 1. The zero-order chi connectivity index (χ0) is 8.97. The third-order valence-corrected chi connectivity index (χ3v) is 2.54. The maximum Gasteiger partial charge on any atom is 0.283 e. The molecule has 1 aromatic rings. The lowest BCUT2D eigenvalue weighted by Crippen LogP contribution is -1.78. The first-order valence-corrected chi connectivity index (χ1v) is 5.21. The van der Waals surface area contributed by atoms with E-state index >= 15 is 0 Å². The van der Waals surface area contributed by atoms with Crippen LogP contribution in [0.4, 0.5) is 5.82 Å². The molecule has 1 rings (SSSR count). The van der Waals surface area contributed by atoms with E-state index in [-0.39, 0.29) is 0 Å². The minimum absolute atomic E-state index is 0.491. The second kappa shape index (κ2) is 4.48. The summed E-state index contributed by atoms with van der Waals surface area (Å²) in [5.41, 5.74) is 0. The van der Waals surface area contributed by atoms with Crippen LogP contribution in [0.3, 0.4) is 0 Å². The maximum absolute atomic E-state index is 6.87. The number of halogens is 1. The molecule has 0 aliphatic carbocycles. The molecule has 0 saturated heterocycles. The summed E-state index contributed by atoms with van der Waals surface area (Å²) in [4.78, 5) is 8.27. The van der Waals surface area contributed by atoms with Gasteiger partial charge in [-0.05, 0) is 27.7 Å². The van der Waals surface area contributed by atoms with Crippen molar-refractivity contribution in [3.05, 3.63) is 28.2 Å². The summed E-state index contributed by atoms with van der Waals surface area (Å²) in [6.45, 7) is 8.92. The summed E-state index contributed by atoms with van der Waals surface area (Å²) in [5.74, 6) is 1.45. The molecule has 1 heterocycles. The Morgan fingerprint density at radius 3 is 3.08 bits per heavy atom. The second-order valence-corrected chi connectivity index (χ2v) is 4.24. The summed E-state index contributed by atoms with van der Waals surface area (Å²) in [5, 5.41) is 0. The van der Waals surface area contributed by atoms with Gasteiger partial charge in [-0.3, -0.25) is 0 Å². The van der Waals surface area contributed by atoms with Gasteiger partial charge >= 0.3 is 0 Å². The monoisotopic (exact) mass is 242 g/mol. The standard InChI is InChI=1S/C8H7BrN2S/c1-3-12-7-4-6(9)5-11-8(7)10-2/h4-5H,3H2,1H3. The number of nitrogens with zero attached hydrogens (tertiary/aromatic N) is 2.